The predicted octanol–water partition coefficient (Wildman–Crippen LogP) is 5.90. The van der Waals surface area contributed by atoms with E-state index in [4.69, 9.17) is 4.74 Å². The Kier molecular flexibility index (Phi) is 5.61. The third kappa shape index (κ3) is 4.64. The van der Waals surface area contributed by atoms with Crippen molar-refractivity contribution in [1.29, 1.82) is 0 Å². The molecule has 0 saturated heterocycles. The molecule has 0 spiro atoms. The third-order valence-corrected chi connectivity index (χ3v) is 4.40. The highest BCUT2D eigenvalue weighted by Gasteiger charge is 2.02. The van der Waals surface area contributed by atoms with Crippen LogP contribution in [0.25, 0.3) is 0 Å². The number of benzene rings is 2. The van der Waals surface area contributed by atoms with Crippen molar-refractivity contribution in [3.63, 3.8) is 0 Å². The van der Waals surface area contributed by atoms with Gasteiger partial charge in [0.2, 0.25) is 0 Å². The molecule has 0 unspecified atom stereocenters. The van der Waals surface area contributed by atoms with Crippen LogP contribution < -0.4 is 4.74 Å². The van der Waals surface area contributed by atoms with Crippen molar-refractivity contribution in [2.75, 3.05) is 0 Å². The lowest BCUT2D eigenvalue weighted by Gasteiger charge is -2.08. The van der Waals surface area contributed by atoms with Crippen molar-refractivity contribution < 1.29 is 4.74 Å². The molecule has 0 aliphatic heterocycles. The Bertz CT molecular complexity index is 464. The van der Waals surface area contributed by atoms with Gasteiger partial charge in [-0.2, -0.15) is 0 Å². The molecule has 2 rings (SSSR count). The number of rotatable bonds is 2. The molecule has 0 saturated carbocycles. The van der Waals surface area contributed by atoms with Crippen LogP contribution in [0, 0.1) is 14.3 Å². The molecule has 0 bridgehead atoms. The molecule has 0 aliphatic carbocycles. The van der Waals surface area contributed by atoms with Gasteiger partial charge in [0.25, 0.3) is 0 Å². The van der Waals surface area contributed by atoms with E-state index < -0.39 is 0 Å². The SMILES string of the molecule is Ic1cc(I)cc(Oc2cc(I)cc(I)c2)c1. The zero-order chi connectivity index (χ0) is 12.4. The molecular weight excluding hydrogens is 668 g/mol. The van der Waals surface area contributed by atoms with Crippen LogP contribution in [-0.2, 0) is 0 Å². The summed E-state index contributed by atoms with van der Waals surface area (Å²) in [4.78, 5) is 0. The van der Waals surface area contributed by atoms with E-state index in [0.29, 0.717) is 0 Å². The maximum atomic E-state index is 5.88. The summed E-state index contributed by atoms with van der Waals surface area (Å²) in [6, 6.07) is 12.4. The summed E-state index contributed by atoms with van der Waals surface area (Å²) >= 11 is 9.20. The summed E-state index contributed by atoms with van der Waals surface area (Å²) in [6.45, 7) is 0. The zero-order valence-corrected chi connectivity index (χ0v) is 17.0. The van der Waals surface area contributed by atoms with Crippen molar-refractivity contribution in [3.05, 3.63) is 50.7 Å². The average Bonchev–Trinajstić information content (AvgIpc) is 2.13. The Balaban J connectivity index is 2.31. The Morgan fingerprint density at radius 1 is 0.529 bits per heavy atom. The number of ether oxygens (including phenoxy) is 1. The molecule has 2 aromatic carbocycles. The highest BCUT2D eigenvalue weighted by atomic mass is 127. The lowest BCUT2D eigenvalue weighted by Crippen LogP contribution is -1.88. The minimum atomic E-state index is 0.888. The van der Waals surface area contributed by atoms with Crippen LogP contribution in [-0.4, -0.2) is 0 Å². The lowest BCUT2D eigenvalue weighted by molar-refractivity contribution is 0.481. The quantitative estimate of drug-likeness (QED) is 0.361. The Labute approximate surface area is 155 Å². The first-order valence-electron chi connectivity index (χ1n) is 4.63. The van der Waals surface area contributed by atoms with E-state index in [1.165, 1.54) is 14.3 Å². The lowest BCUT2D eigenvalue weighted by atomic mass is 10.3. The molecule has 5 heteroatoms. The fourth-order valence-corrected chi connectivity index (χ4v) is 5.07. The van der Waals surface area contributed by atoms with E-state index in [0.717, 1.165) is 11.5 Å². The minimum absolute atomic E-state index is 0.888. The number of hydrogen-bond donors (Lipinski definition) is 0. The topological polar surface area (TPSA) is 9.23 Å². The van der Waals surface area contributed by atoms with E-state index in [9.17, 15) is 0 Å². The van der Waals surface area contributed by atoms with Crippen molar-refractivity contribution in [1.82, 2.24) is 0 Å². The summed E-state index contributed by atoms with van der Waals surface area (Å²) in [5.41, 5.74) is 0. The molecule has 0 fully saturated rings. The fourth-order valence-electron chi connectivity index (χ4n) is 1.31. The second-order valence-electron chi connectivity index (χ2n) is 3.31. The van der Waals surface area contributed by atoms with Crippen LogP contribution in [0.4, 0.5) is 0 Å². The summed E-state index contributed by atoms with van der Waals surface area (Å²) in [6.07, 6.45) is 0. The molecule has 0 atom stereocenters. The zero-order valence-electron chi connectivity index (χ0n) is 8.38. The molecule has 17 heavy (non-hydrogen) atoms. The van der Waals surface area contributed by atoms with Gasteiger partial charge in [-0.05, 0) is 127 Å². The van der Waals surface area contributed by atoms with Gasteiger partial charge >= 0.3 is 0 Å². The second kappa shape index (κ2) is 6.55. The van der Waals surface area contributed by atoms with Crippen LogP contribution >= 0.6 is 90.4 Å². The van der Waals surface area contributed by atoms with Gasteiger partial charge in [-0.25, -0.2) is 0 Å². The predicted molar refractivity (Wildman–Crippen MR) is 104 cm³/mol. The highest BCUT2D eigenvalue weighted by Crippen LogP contribution is 2.28. The van der Waals surface area contributed by atoms with E-state index in [1.807, 2.05) is 24.3 Å². The van der Waals surface area contributed by atoms with E-state index in [1.54, 1.807) is 0 Å². The van der Waals surface area contributed by atoms with Gasteiger partial charge in [-0.3, -0.25) is 0 Å². The first-order valence-corrected chi connectivity index (χ1v) is 8.94. The summed E-state index contributed by atoms with van der Waals surface area (Å²) in [7, 11) is 0. The van der Waals surface area contributed by atoms with Gasteiger partial charge in [0.15, 0.2) is 0 Å². The average molecular weight is 674 g/mol. The first-order chi connectivity index (χ1) is 8.02. The van der Waals surface area contributed by atoms with Gasteiger partial charge in [0.1, 0.15) is 11.5 Å². The number of hydrogen-bond acceptors (Lipinski definition) is 1. The molecule has 1 nitrogen and oxygen atoms in total. The molecule has 0 aliphatic rings. The van der Waals surface area contributed by atoms with Crippen molar-refractivity contribution in [3.8, 4) is 11.5 Å². The molecular formula is C12H6I4O. The molecule has 0 heterocycles. The van der Waals surface area contributed by atoms with Crippen LogP contribution in [0.1, 0.15) is 0 Å². The van der Waals surface area contributed by atoms with E-state index >= 15 is 0 Å². The molecule has 0 aromatic heterocycles. The van der Waals surface area contributed by atoms with Crippen LogP contribution in [0.2, 0.25) is 0 Å². The maximum absolute atomic E-state index is 5.88. The second-order valence-corrected chi connectivity index (χ2v) is 8.29. The van der Waals surface area contributed by atoms with Gasteiger partial charge in [0.05, 0.1) is 0 Å². The number of halogens is 4. The summed E-state index contributed by atoms with van der Waals surface area (Å²) < 4.78 is 10.6. The molecule has 0 radical (unpaired) electrons. The van der Waals surface area contributed by atoms with Gasteiger partial charge in [-0.15, -0.1) is 0 Å². The van der Waals surface area contributed by atoms with Gasteiger partial charge < -0.3 is 4.74 Å². The Hall–Kier alpha value is 1.16. The Morgan fingerprint density at radius 3 is 1.12 bits per heavy atom. The smallest absolute Gasteiger partial charge is 0.129 e. The van der Waals surface area contributed by atoms with Crippen LogP contribution in [0.5, 0.6) is 11.5 Å². The molecule has 2 aromatic rings. The molecule has 0 N–H and O–H groups in total. The van der Waals surface area contributed by atoms with Crippen LogP contribution in [0.3, 0.4) is 0 Å². The normalized spacial score (nSPS) is 10.4. The summed E-state index contributed by atoms with van der Waals surface area (Å²) in [5.74, 6) is 1.78. The fraction of sp³-hybridized carbons (Fsp3) is 0. The minimum Gasteiger partial charge on any atom is -0.457 e. The third-order valence-electron chi connectivity index (χ3n) is 1.91. The monoisotopic (exact) mass is 674 g/mol. The maximum Gasteiger partial charge on any atom is 0.129 e. The molecule has 0 amide bonds. The first kappa shape index (κ1) is 14.6. The molecule has 88 valence electrons. The largest absolute Gasteiger partial charge is 0.457 e. The van der Waals surface area contributed by atoms with Crippen LogP contribution in [0.15, 0.2) is 36.4 Å². The highest BCUT2D eigenvalue weighted by molar-refractivity contribution is 14.1. The van der Waals surface area contributed by atoms with Crippen molar-refractivity contribution in [2.24, 2.45) is 0 Å². The summed E-state index contributed by atoms with van der Waals surface area (Å²) in [5, 5.41) is 0. The van der Waals surface area contributed by atoms with E-state index in [2.05, 4.69) is 102 Å². The Morgan fingerprint density at radius 2 is 0.824 bits per heavy atom. The van der Waals surface area contributed by atoms with E-state index in [-0.39, 0.29) is 0 Å². The van der Waals surface area contributed by atoms with Gasteiger partial charge in [-0.1, -0.05) is 0 Å². The van der Waals surface area contributed by atoms with Crippen molar-refractivity contribution >= 4 is 90.4 Å². The van der Waals surface area contributed by atoms with Crippen molar-refractivity contribution in [2.45, 2.75) is 0 Å². The van der Waals surface area contributed by atoms with Gasteiger partial charge in [0, 0.05) is 14.3 Å². The standard InChI is InChI=1S/C12H6I4O/c13-7-1-8(14)4-11(3-7)17-12-5-9(15)2-10(16)6-12/h1-6H.